The first-order valence-electron chi connectivity index (χ1n) is 9.42. The maximum absolute atomic E-state index is 13.2. The molecule has 12 heteroatoms. The first-order valence-corrected chi connectivity index (χ1v) is 9.80. The van der Waals surface area contributed by atoms with Gasteiger partial charge in [0.05, 0.1) is 12.0 Å². The van der Waals surface area contributed by atoms with Gasteiger partial charge < -0.3 is 19.9 Å². The first kappa shape index (κ1) is 21.8. The van der Waals surface area contributed by atoms with Crippen LogP contribution in [0.5, 0.6) is 11.5 Å². The number of carboxylic acids is 1. The minimum absolute atomic E-state index is 0.00602. The molecule has 2 aliphatic heterocycles. The van der Waals surface area contributed by atoms with Gasteiger partial charge in [-0.15, -0.1) is 8.78 Å². The molecule has 168 valence electrons. The predicted octanol–water partition coefficient (Wildman–Crippen LogP) is 2.98. The fourth-order valence-electron chi connectivity index (χ4n) is 3.62. The van der Waals surface area contributed by atoms with Gasteiger partial charge in [-0.25, -0.2) is 14.5 Å². The molecule has 0 bridgehead atoms. The van der Waals surface area contributed by atoms with Gasteiger partial charge in [-0.05, 0) is 36.8 Å². The molecule has 2 aromatic rings. The summed E-state index contributed by atoms with van der Waals surface area (Å²) in [5.41, 5.74) is 0.811. The quantitative estimate of drug-likeness (QED) is 0.649. The van der Waals surface area contributed by atoms with E-state index < -0.39 is 42.2 Å². The molecule has 3 heterocycles. The monoisotopic (exact) mass is 467 g/mol. The first-order chi connectivity index (χ1) is 15.1. The smallest absolute Gasteiger partial charge is 0.480 e. The van der Waals surface area contributed by atoms with E-state index in [1.807, 2.05) is 0 Å². The van der Waals surface area contributed by atoms with Crippen molar-refractivity contribution in [2.24, 2.45) is 5.92 Å². The zero-order chi connectivity index (χ0) is 23.2. The minimum Gasteiger partial charge on any atom is -0.480 e. The van der Waals surface area contributed by atoms with Crippen LogP contribution in [-0.2, 0) is 16.0 Å². The van der Waals surface area contributed by atoms with E-state index in [9.17, 15) is 28.3 Å². The highest BCUT2D eigenvalue weighted by molar-refractivity contribution is 6.30. The van der Waals surface area contributed by atoms with Crippen molar-refractivity contribution in [2.45, 2.75) is 31.7 Å². The Morgan fingerprint density at radius 1 is 1.28 bits per heavy atom. The molecule has 3 atom stereocenters. The van der Waals surface area contributed by atoms with Crippen molar-refractivity contribution in [3.05, 3.63) is 52.8 Å². The number of β-lactam (4-membered cyclic amide) rings is 1. The van der Waals surface area contributed by atoms with E-state index in [1.54, 1.807) is 13.0 Å². The van der Waals surface area contributed by atoms with E-state index in [0.29, 0.717) is 21.2 Å². The Labute approximate surface area is 184 Å². The van der Waals surface area contributed by atoms with Crippen molar-refractivity contribution in [1.29, 1.82) is 0 Å². The van der Waals surface area contributed by atoms with Crippen LogP contribution < -0.4 is 14.8 Å². The lowest BCUT2D eigenvalue weighted by Gasteiger charge is -2.43. The third-order valence-electron chi connectivity index (χ3n) is 5.16. The number of rotatable bonds is 5. The number of likely N-dealkylation sites (tertiary alicyclic amines) is 1. The number of ether oxygens (including phenoxy) is 2. The van der Waals surface area contributed by atoms with Crippen molar-refractivity contribution in [2.75, 3.05) is 0 Å². The fourth-order valence-corrected chi connectivity index (χ4v) is 3.80. The molecule has 2 N–H and O–H groups in total. The molecule has 32 heavy (non-hydrogen) atoms. The molecule has 0 aliphatic carbocycles. The maximum atomic E-state index is 13.2. The highest BCUT2D eigenvalue weighted by Gasteiger charge is 2.55. The Morgan fingerprint density at radius 3 is 2.69 bits per heavy atom. The van der Waals surface area contributed by atoms with Crippen molar-refractivity contribution >= 4 is 29.5 Å². The summed E-state index contributed by atoms with van der Waals surface area (Å²) in [5.74, 6) is -3.35. The van der Waals surface area contributed by atoms with E-state index in [2.05, 4.69) is 19.8 Å². The Bertz CT molecular complexity index is 1110. The number of hydrogen-bond donors (Lipinski definition) is 2. The number of aromatic nitrogens is 1. The second kappa shape index (κ2) is 7.90. The van der Waals surface area contributed by atoms with Gasteiger partial charge in [0.1, 0.15) is 0 Å². The third-order valence-corrected chi connectivity index (χ3v) is 5.39. The summed E-state index contributed by atoms with van der Waals surface area (Å²) in [5, 5.41) is 12.4. The van der Waals surface area contributed by atoms with Crippen LogP contribution in [0.2, 0.25) is 5.02 Å². The largest absolute Gasteiger partial charge is 0.586 e. The SMILES string of the molecule is CC(NC(=O)N1C(=O)C(Cc2cc(Cl)ccn2)C1C(=O)O)c1ccc2c(c1)OC(F)(F)O2. The normalized spacial score (nSPS) is 21.6. The van der Waals surface area contributed by atoms with Crippen LogP contribution in [0.25, 0.3) is 0 Å². The van der Waals surface area contributed by atoms with E-state index in [-0.39, 0.29) is 17.9 Å². The van der Waals surface area contributed by atoms with Gasteiger partial charge in [0.15, 0.2) is 17.5 Å². The lowest BCUT2D eigenvalue weighted by molar-refractivity contribution is -0.286. The van der Waals surface area contributed by atoms with Crippen LogP contribution in [0.15, 0.2) is 36.5 Å². The van der Waals surface area contributed by atoms with Crippen molar-refractivity contribution < 1.29 is 37.7 Å². The van der Waals surface area contributed by atoms with Gasteiger partial charge in [0.25, 0.3) is 0 Å². The van der Waals surface area contributed by atoms with Gasteiger partial charge in [0.2, 0.25) is 5.91 Å². The number of fused-ring (bicyclic) bond motifs is 1. The average molecular weight is 468 g/mol. The third kappa shape index (κ3) is 4.03. The highest BCUT2D eigenvalue weighted by atomic mass is 35.5. The number of carbonyl (C=O) groups is 3. The van der Waals surface area contributed by atoms with Crippen LogP contribution in [0, 0.1) is 5.92 Å². The fraction of sp³-hybridized carbons (Fsp3) is 0.300. The van der Waals surface area contributed by atoms with E-state index in [4.69, 9.17) is 11.6 Å². The molecule has 9 nitrogen and oxygen atoms in total. The predicted molar refractivity (Wildman–Crippen MR) is 104 cm³/mol. The topological polar surface area (TPSA) is 118 Å². The number of urea groups is 1. The molecule has 1 fully saturated rings. The van der Waals surface area contributed by atoms with Crippen LogP contribution in [0.4, 0.5) is 13.6 Å². The molecule has 3 unspecified atom stereocenters. The highest BCUT2D eigenvalue weighted by Crippen LogP contribution is 2.42. The van der Waals surface area contributed by atoms with Gasteiger partial charge >= 0.3 is 18.3 Å². The number of benzene rings is 1. The number of carboxylic acid groups (broad SMARTS) is 1. The van der Waals surface area contributed by atoms with Crippen molar-refractivity contribution in [1.82, 2.24) is 15.2 Å². The summed E-state index contributed by atoms with van der Waals surface area (Å²) in [7, 11) is 0. The number of pyridine rings is 1. The van der Waals surface area contributed by atoms with Crippen molar-refractivity contribution in [3.8, 4) is 11.5 Å². The Morgan fingerprint density at radius 2 is 2.00 bits per heavy atom. The molecule has 1 saturated heterocycles. The number of hydrogen-bond acceptors (Lipinski definition) is 6. The number of nitrogens with one attached hydrogen (secondary N) is 1. The number of nitrogens with zero attached hydrogens (tertiary/aromatic N) is 2. The summed E-state index contributed by atoms with van der Waals surface area (Å²) in [4.78, 5) is 41.6. The summed E-state index contributed by atoms with van der Waals surface area (Å²) >= 11 is 5.90. The number of halogens is 3. The lowest BCUT2D eigenvalue weighted by atomic mass is 9.83. The van der Waals surface area contributed by atoms with Gasteiger partial charge in [-0.3, -0.25) is 9.78 Å². The van der Waals surface area contributed by atoms with Crippen LogP contribution >= 0.6 is 11.6 Å². The number of amides is 3. The van der Waals surface area contributed by atoms with Gasteiger partial charge in [0, 0.05) is 23.3 Å². The average Bonchev–Trinajstić information content (AvgIpc) is 3.02. The standard InChI is InChI=1S/C20H16ClF2N3O6/c1-9(10-2-3-14-15(6-10)32-20(22,23)31-14)25-19(30)26-16(18(28)29)13(17(26)27)8-12-7-11(21)4-5-24-12/h2-7,9,13,16H,8H2,1H3,(H,25,30)(H,28,29). The van der Waals surface area contributed by atoms with E-state index >= 15 is 0 Å². The Balaban J connectivity index is 1.45. The molecule has 0 spiro atoms. The van der Waals surface area contributed by atoms with Crippen LogP contribution in [0.1, 0.15) is 24.2 Å². The second-order valence-corrected chi connectivity index (χ2v) is 7.75. The van der Waals surface area contributed by atoms with Crippen LogP contribution in [0.3, 0.4) is 0 Å². The number of alkyl halides is 2. The van der Waals surface area contributed by atoms with Crippen LogP contribution in [-0.4, -0.2) is 45.2 Å². The Kier molecular flexibility index (Phi) is 5.37. The van der Waals surface area contributed by atoms with Gasteiger partial charge in [-0.2, -0.15) is 0 Å². The van der Waals surface area contributed by atoms with Crippen molar-refractivity contribution in [3.63, 3.8) is 0 Å². The molecule has 1 aromatic heterocycles. The number of aliphatic carboxylic acids is 1. The van der Waals surface area contributed by atoms with E-state index in [1.165, 1.54) is 30.5 Å². The summed E-state index contributed by atoms with van der Waals surface area (Å²) in [6.07, 6.45) is -2.34. The zero-order valence-electron chi connectivity index (χ0n) is 16.4. The Hall–Kier alpha value is -3.47. The maximum Gasteiger partial charge on any atom is 0.586 e. The lowest BCUT2D eigenvalue weighted by Crippen LogP contribution is -2.68. The summed E-state index contributed by atoms with van der Waals surface area (Å²) < 4.78 is 35.1. The molecule has 2 aliphatic rings. The summed E-state index contributed by atoms with van der Waals surface area (Å²) in [6.45, 7) is 1.54. The number of imide groups is 1. The molecule has 4 rings (SSSR count). The van der Waals surface area contributed by atoms with E-state index in [0.717, 1.165) is 0 Å². The van der Waals surface area contributed by atoms with Gasteiger partial charge in [-0.1, -0.05) is 17.7 Å². The molecule has 1 aromatic carbocycles. The molecule has 0 radical (unpaired) electrons. The summed E-state index contributed by atoms with van der Waals surface area (Å²) in [6, 6.07) is 3.97. The molecular formula is C20H16ClF2N3O6. The minimum atomic E-state index is -3.78. The number of carbonyl (C=O) groups excluding carboxylic acids is 2. The molecule has 3 amide bonds. The zero-order valence-corrected chi connectivity index (χ0v) is 17.2. The molecule has 0 saturated carbocycles. The second-order valence-electron chi connectivity index (χ2n) is 7.31. The molecular weight excluding hydrogens is 452 g/mol.